The summed E-state index contributed by atoms with van der Waals surface area (Å²) in [4.78, 5) is 14.9. The lowest BCUT2D eigenvalue weighted by molar-refractivity contribution is 0.112. The lowest BCUT2D eigenvalue weighted by Gasteiger charge is -2.06. The number of aromatic nitrogens is 1. The van der Waals surface area contributed by atoms with Crippen LogP contribution in [0.2, 0.25) is 15.2 Å². The summed E-state index contributed by atoms with van der Waals surface area (Å²) in [5.74, 6) is 0. The summed E-state index contributed by atoms with van der Waals surface area (Å²) in [5, 5.41) is 1.16. The van der Waals surface area contributed by atoms with Crippen LogP contribution >= 0.6 is 34.8 Å². The van der Waals surface area contributed by atoms with Crippen molar-refractivity contribution in [2.24, 2.45) is 0 Å². The van der Waals surface area contributed by atoms with Gasteiger partial charge in [-0.05, 0) is 23.8 Å². The SMILES string of the molecule is O=Cc1cc(Cl)ncc1-c1ccc(Cl)c(Cl)c1. The van der Waals surface area contributed by atoms with Gasteiger partial charge in [0.1, 0.15) is 5.15 Å². The van der Waals surface area contributed by atoms with Crippen molar-refractivity contribution in [1.82, 2.24) is 4.98 Å². The van der Waals surface area contributed by atoms with Crippen LogP contribution in [0.4, 0.5) is 0 Å². The highest BCUT2D eigenvalue weighted by molar-refractivity contribution is 6.42. The van der Waals surface area contributed by atoms with E-state index in [1.54, 1.807) is 18.2 Å². The largest absolute Gasteiger partial charge is 0.298 e. The molecule has 0 saturated carbocycles. The van der Waals surface area contributed by atoms with Crippen LogP contribution in [0.1, 0.15) is 10.4 Å². The third-order valence-corrected chi connectivity index (χ3v) is 3.21. The summed E-state index contributed by atoms with van der Waals surface area (Å²) in [6, 6.07) is 6.63. The van der Waals surface area contributed by atoms with Gasteiger partial charge in [-0.15, -0.1) is 0 Å². The Kier molecular flexibility index (Phi) is 3.67. The van der Waals surface area contributed by atoms with E-state index < -0.39 is 0 Å². The Bertz CT molecular complexity index is 584. The van der Waals surface area contributed by atoms with Crippen molar-refractivity contribution in [3.63, 3.8) is 0 Å². The number of carbonyl (C=O) groups is 1. The third kappa shape index (κ3) is 2.60. The van der Waals surface area contributed by atoms with Crippen molar-refractivity contribution in [2.45, 2.75) is 0 Å². The van der Waals surface area contributed by atoms with Gasteiger partial charge in [0.25, 0.3) is 0 Å². The van der Waals surface area contributed by atoms with Gasteiger partial charge >= 0.3 is 0 Å². The van der Waals surface area contributed by atoms with Gasteiger partial charge in [0.15, 0.2) is 6.29 Å². The number of halogens is 3. The van der Waals surface area contributed by atoms with E-state index in [2.05, 4.69) is 4.98 Å². The summed E-state index contributed by atoms with van der Waals surface area (Å²) in [5.41, 5.74) is 1.90. The zero-order valence-corrected chi connectivity index (χ0v) is 10.7. The molecule has 0 amide bonds. The summed E-state index contributed by atoms with van der Waals surface area (Å²) in [7, 11) is 0. The monoisotopic (exact) mass is 285 g/mol. The Labute approximate surface area is 113 Å². The molecule has 0 aliphatic rings. The Morgan fingerprint density at radius 1 is 1.06 bits per heavy atom. The molecule has 0 unspecified atom stereocenters. The van der Waals surface area contributed by atoms with E-state index in [0.717, 1.165) is 11.8 Å². The second-order valence-corrected chi connectivity index (χ2v) is 4.54. The fourth-order valence-electron chi connectivity index (χ4n) is 1.45. The Balaban J connectivity index is 2.59. The minimum atomic E-state index is 0.274. The van der Waals surface area contributed by atoms with Crippen LogP contribution in [0, 0.1) is 0 Å². The van der Waals surface area contributed by atoms with E-state index in [-0.39, 0.29) is 5.15 Å². The van der Waals surface area contributed by atoms with Crippen molar-refractivity contribution in [3.05, 3.63) is 51.2 Å². The molecule has 2 aromatic rings. The van der Waals surface area contributed by atoms with Crippen molar-refractivity contribution >= 4 is 41.1 Å². The Hall–Kier alpha value is -1.09. The highest BCUT2D eigenvalue weighted by Crippen LogP contribution is 2.30. The molecule has 1 aromatic carbocycles. The minimum Gasteiger partial charge on any atom is -0.298 e. The fourth-order valence-corrected chi connectivity index (χ4v) is 1.91. The van der Waals surface area contributed by atoms with Crippen LogP contribution in [-0.4, -0.2) is 11.3 Å². The van der Waals surface area contributed by atoms with E-state index in [4.69, 9.17) is 34.8 Å². The molecule has 0 bridgehead atoms. The number of rotatable bonds is 2. The maximum Gasteiger partial charge on any atom is 0.150 e. The molecule has 1 heterocycles. The fraction of sp³-hybridized carbons (Fsp3) is 0. The van der Waals surface area contributed by atoms with Gasteiger partial charge in [0, 0.05) is 17.3 Å². The van der Waals surface area contributed by atoms with Gasteiger partial charge in [0.2, 0.25) is 0 Å². The first-order valence-corrected chi connectivity index (χ1v) is 5.81. The molecular formula is C12H6Cl3NO. The van der Waals surface area contributed by atoms with E-state index in [1.807, 2.05) is 0 Å². The van der Waals surface area contributed by atoms with Gasteiger partial charge in [-0.3, -0.25) is 4.79 Å². The van der Waals surface area contributed by atoms with Crippen LogP contribution in [0.25, 0.3) is 11.1 Å². The first-order valence-electron chi connectivity index (χ1n) is 4.68. The molecule has 0 aliphatic heterocycles. The predicted molar refractivity (Wildman–Crippen MR) is 70.1 cm³/mol. The van der Waals surface area contributed by atoms with E-state index in [9.17, 15) is 4.79 Å². The second kappa shape index (κ2) is 5.05. The predicted octanol–water partition coefficient (Wildman–Crippen LogP) is 4.52. The Morgan fingerprint density at radius 3 is 2.47 bits per heavy atom. The molecule has 0 saturated heterocycles. The molecule has 1 aromatic heterocycles. The first kappa shape index (κ1) is 12.4. The summed E-state index contributed by atoms with van der Waals surface area (Å²) in [6.07, 6.45) is 2.26. The molecule has 0 spiro atoms. The smallest absolute Gasteiger partial charge is 0.150 e. The molecule has 86 valence electrons. The highest BCUT2D eigenvalue weighted by Gasteiger charge is 2.08. The van der Waals surface area contributed by atoms with E-state index in [0.29, 0.717) is 21.2 Å². The van der Waals surface area contributed by atoms with E-state index >= 15 is 0 Å². The Morgan fingerprint density at radius 2 is 1.82 bits per heavy atom. The quantitative estimate of drug-likeness (QED) is 0.600. The van der Waals surface area contributed by atoms with Gasteiger partial charge in [-0.25, -0.2) is 4.98 Å². The summed E-state index contributed by atoms with van der Waals surface area (Å²) in [6.45, 7) is 0. The van der Waals surface area contributed by atoms with Crippen molar-refractivity contribution in [1.29, 1.82) is 0 Å². The van der Waals surface area contributed by atoms with Crippen LogP contribution in [-0.2, 0) is 0 Å². The van der Waals surface area contributed by atoms with Crippen LogP contribution in [0.5, 0.6) is 0 Å². The lowest BCUT2D eigenvalue weighted by Crippen LogP contribution is -1.90. The lowest BCUT2D eigenvalue weighted by atomic mass is 10.0. The molecule has 0 N–H and O–H groups in total. The van der Waals surface area contributed by atoms with Crippen molar-refractivity contribution in [2.75, 3.05) is 0 Å². The topological polar surface area (TPSA) is 30.0 Å². The maximum absolute atomic E-state index is 11.0. The van der Waals surface area contributed by atoms with E-state index in [1.165, 1.54) is 12.3 Å². The molecule has 2 rings (SSSR count). The van der Waals surface area contributed by atoms with Crippen molar-refractivity contribution in [3.8, 4) is 11.1 Å². The van der Waals surface area contributed by atoms with Gasteiger partial charge in [-0.1, -0.05) is 40.9 Å². The summed E-state index contributed by atoms with van der Waals surface area (Å²) >= 11 is 17.5. The molecular weight excluding hydrogens is 280 g/mol. The molecule has 0 radical (unpaired) electrons. The second-order valence-electron chi connectivity index (χ2n) is 3.34. The number of hydrogen-bond donors (Lipinski definition) is 0. The number of carbonyl (C=O) groups excluding carboxylic acids is 1. The average molecular weight is 287 g/mol. The van der Waals surface area contributed by atoms with Crippen LogP contribution in [0.3, 0.4) is 0 Å². The van der Waals surface area contributed by atoms with Gasteiger partial charge in [-0.2, -0.15) is 0 Å². The zero-order valence-electron chi connectivity index (χ0n) is 8.45. The van der Waals surface area contributed by atoms with Crippen molar-refractivity contribution < 1.29 is 4.79 Å². The maximum atomic E-state index is 11.0. The molecule has 17 heavy (non-hydrogen) atoms. The molecule has 5 heteroatoms. The number of aldehydes is 1. The van der Waals surface area contributed by atoms with Crippen LogP contribution in [0.15, 0.2) is 30.5 Å². The normalized spacial score (nSPS) is 10.3. The third-order valence-electron chi connectivity index (χ3n) is 2.26. The zero-order chi connectivity index (χ0) is 12.4. The van der Waals surface area contributed by atoms with Crippen LogP contribution < -0.4 is 0 Å². The summed E-state index contributed by atoms with van der Waals surface area (Å²) < 4.78 is 0. The average Bonchev–Trinajstić information content (AvgIpc) is 2.32. The molecule has 0 atom stereocenters. The first-order chi connectivity index (χ1) is 8.11. The number of benzene rings is 1. The van der Waals surface area contributed by atoms with Gasteiger partial charge < -0.3 is 0 Å². The minimum absolute atomic E-state index is 0.274. The standard InChI is InChI=1S/C12H6Cl3NO/c13-10-2-1-7(3-11(10)14)9-5-16-12(15)4-8(9)6-17/h1-6H. The molecule has 0 aliphatic carbocycles. The molecule has 2 nitrogen and oxygen atoms in total. The number of pyridine rings is 1. The van der Waals surface area contributed by atoms with Gasteiger partial charge in [0.05, 0.1) is 10.0 Å². The highest BCUT2D eigenvalue weighted by atomic mass is 35.5. The molecule has 0 fully saturated rings. The number of hydrogen-bond acceptors (Lipinski definition) is 2. The number of nitrogens with zero attached hydrogens (tertiary/aromatic N) is 1.